The van der Waals surface area contributed by atoms with Gasteiger partial charge in [-0.1, -0.05) is 18.2 Å². The Labute approximate surface area is 142 Å². The Kier molecular flexibility index (Phi) is 5.78. The van der Waals surface area contributed by atoms with E-state index >= 15 is 0 Å². The number of halogens is 2. The quantitative estimate of drug-likeness (QED) is 0.831. The van der Waals surface area contributed by atoms with Gasteiger partial charge >= 0.3 is 12.3 Å². The van der Waals surface area contributed by atoms with Gasteiger partial charge in [0.25, 0.3) is 11.8 Å². The Morgan fingerprint density at radius 1 is 0.880 bits per heavy atom. The van der Waals surface area contributed by atoms with Crippen LogP contribution >= 0.6 is 0 Å². The zero-order chi connectivity index (χ0) is 18.4. The van der Waals surface area contributed by atoms with E-state index in [1.165, 1.54) is 29.2 Å². The van der Waals surface area contributed by atoms with E-state index in [2.05, 4.69) is 0 Å². The van der Waals surface area contributed by atoms with E-state index in [9.17, 15) is 23.2 Å². The van der Waals surface area contributed by atoms with Gasteiger partial charge in [0.05, 0.1) is 0 Å². The molecule has 8 heteroatoms. The van der Waals surface area contributed by atoms with Gasteiger partial charge in [0.2, 0.25) is 0 Å². The van der Waals surface area contributed by atoms with E-state index in [1.807, 2.05) is 11.5 Å². The molecule has 0 saturated heterocycles. The van der Waals surface area contributed by atoms with Crippen LogP contribution < -0.4 is 15.8 Å². The normalized spacial score (nSPS) is 10.2. The summed E-state index contributed by atoms with van der Waals surface area (Å²) in [6, 6.07) is 14.6. The van der Waals surface area contributed by atoms with Crippen molar-refractivity contribution in [2.24, 2.45) is 0 Å². The van der Waals surface area contributed by atoms with Crippen LogP contribution in [0.4, 0.5) is 14.5 Å². The Balaban J connectivity index is 2.03. The minimum absolute atomic E-state index is 0.105. The van der Waals surface area contributed by atoms with Crippen LogP contribution in [0, 0.1) is 0 Å². The zero-order valence-electron chi connectivity index (χ0n) is 13.2. The Morgan fingerprint density at radius 2 is 1.44 bits per heavy atom. The average Bonchev–Trinajstić information content (AvgIpc) is 2.65. The molecule has 2 rings (SSSR count). The highest BCUT2D eigenvalue weighted by atomic mass is 19.3. The highest BCUT2D eigenvalue weighted by Crippen LogP contribution is 2.15. The van der Waals surface area contributed by atoms with Crippen molar-refractivity contribution >= 4 is 23.4 Å². The number of alkyl halides is 2. The van der Waals surface area contributed by atoms with E-state index < -0.39 is 18.2 Å². The van der Waals surface area contributed by atoms with Crippen molar-refractivity contribution in [2.75, 3.05) is 11.9 Å². The molecule has 2 N–H and O–H groups in total. The third kappa shape index (κ3) is 4.60. The molecular formula is C17H15F2N3O3. The van der Waals surface area contributed by atoms with Gasteiger partial charge in [0, 0.05) is 23.9 Å². The van der Waals surface area contributed by atoms with Crippen LogP contribution in [-0.2, 0) is 4.79 Å². The third-order valence-corrected chi connectivity index (χ3v) is 3.34. The third-order valence-electron chi connectivity index (χ3n) is 3.34. The highest BCUT2D eigenvalue weighted by Gasteiger charge is 2.17. The summed E-state index contributed by atoms with van der Waals surface area (Å²) in [5.74, 6) is -2.65. The fourth-order valence-electron chi connectivity index (χ4n) is 1.97. The lowest BCUT2D eigenvalue weighted by atomic mass is 10.1. The molecule has 0 heterocycles. The smallest absolute Gasteiger partial charge is 0.311 e. The highest BCUT2D eigenvalue weighted by molar-refractivity contribution is 6.06. The molecule has 0 fully saturated rings. The van der Waals surface area contributed by atoms with Crippen LogP contribution in [0.5, 0.6) is 0 Å². The number of carbonyl (C=O) groups excluding carboxylic acids is 3. The zero-order valence-corrected chi connectivity index (χ0v) is 13.2. The summed E-state index contributed by atoms with van der Waals surface area (Å²) < 4.78 is 24.1. The van der Waals surface area contributed by atoms with Gasteiger partial charge in [0.15, 0.2) is 0 Å². The first-order valence-electron chi connectivity index (χ1n) is 7.21. The molecule has 0 unspecified atom stereocenters. The largest absolute Gasteiger partial charge is 0.317 e. The molecule has 2 aromatic rings. The first-order chi connectivity index (χ1) is 11.9. The molecule has 0 aromatic heterocycles. The lowest BCUT2D eigenvalue weighted by molar-refractivity contribution is -0.132. The summed E-state index contributed by atoms with van der Waals surface area (Å²) in [7, 11) is 1.62. The van der Waals surface area contributed by atoms with Crippen molar-refractivity contribution in [3.8, 4) is 0 Å². The number of amides is 3. The maximum Gasteiger partial charge on any atom is 0.317 e. The molecule has 0 spiro atoms. The topological polar surface area (TPSA) is 78.5 Å². The number of nitrogens with zero attached hydrogens (tertiary/aromatic N) is 1. The van der Waals surface area contributed by atoms with E-state index in [4.69, 9.17) is 0 Å². The number of para-hydroxylation sites is 1. The minimum Gasteiger partial charge on any atom is -0.311 e. The van der Waals surface area contributed by atoms with Gasteiger partial charge in [0.1, 0.15) is 0 Å². The molecule has 0 aliphatic rings. The van der Waals surface area contributed by atoms with Gasteiger partial charge in [-0.05, 0) is 36.4 Å². The summed E-state index contributed by atoms with van der Waals surface area (Å²) in [6.45, 7) is 0. The number of hydrazine groups is 1. The lowest BCUT2D eigenvalue weighted by Gasteiger charge is -2.17. The van der Waals surface area contributed by atoms with Crippen LogP contribution in [-0.4, -0.2) is 31.2 Å². The van der Waals surface area contributed by atoms with Crippen molar-refractivity contribution in [1.82, 2.24) is 10.9 Å². The number of rotatable bonds is 4. The van der Waals surface area contributed by atoms with E-state index in [0.717, 1.165) is 0 Å². The Bertz CT molecular complexity index is 764. The molecule has 3 amide bonds. The maximum atomic E-state index is 12.4. The van der Waals surface area contributed by atoms with Crippen LogP contribution in [0.2, 0.25) is 0 Å². The molecule has 0 saturated carbocycles. The molecule has 0 bridgehead atoms. The maximum absolute atomic E-state index is 12.4. The predicted molar refractivity (Wildman–Crippen MR) is 87.2 cm³/mol. The molecule has 6 nitrogen and oxygen atoms in total. The Morgan fingerprint density at radius 3 is 2.00 bits per heavy atom. The second kappa shape index (κ2) is 8.00. The fraction of sp³-hybridized carbons (Fsp3) is 0.118. The van der Waals surface area contributed by atoms with Crippen molar-refractivity contribution < 1.29 is 23.2 Å². The van der Waals surface area contributed by atoms with E-state index in [0.29, 0.717) is 11.3 Å². The van der Waals surface area contributed by atoms with Gasteiger partial charge in [-0.15, -0.1) is 0 Å². The van der Waals surface area contributed by atoms with Crippen molar-refractivity contribution in [2.45, 2.75) is 6.43 Å². The van der Waals surface area contributed by atoms with Crippen LogP contribution in [0.3, 0.4) is 0 Å². The first kappa shape index (κ1) is 18.1. The average molecular weight is 347 g/mol. The van der Waals surface area contributed by atoms with Gasteiger partial charge < -0.3 is 4.90 Å². The number of hydrogen-bond acceptors (Lipinski definition) is 3. The summed E-state index contributed by atoms with van der Waals surface area (Å²) in [5, 5.41) is 0. The second-order valence-electron chi connectivity index (χ2n) is 5.02. The molecule has 2 aromatic carbocycles. The standard InChI is InChI=1S/C17H15F2N3O3/c1-22(13-5-3-2-4-6-13)17(25)12-9-7-11(8-10-12)15(23)20-21-16(24)14(18)19/h2-10,14H,1H3,(H,20,23)(H,21,24). The molecule has 0 atom stereocenters. The molecule has 130 valence electrons. The van der Waals surface area contributed by atoms with Crippen LogP contribution in [0.15, 0.2) is 54.6 Å². The monoisotopic (exact) mass is 347 g/mol. The van der Waals surface area contributed by atoms with Crippen LogP contribution in [0.1, 0.15) is 20.7 Å². The lowest BCUT2D eigenvalue weighted by Crippen LogP contribution is -2.44. The summed E-state index contributed by atoms with van der Waals surface area (Å²) in [4.78, 5) is 36.3. The van der Waals surface area contributed by atoms with Crippen molar-refractivity contribution in [3.63, 3.8) is 0 Å². The molecule has 0 radical (unpaired) electrons. The summed E-state index contributed by atoms with van der Waals surface area (Å²) in [5.41, 5.74) is 4.62. The van der Waals surface area contributed by atoms with Gasteiger partial charge in [-0.3, -0.25) is 25.2 Å². The second-order valence-corrected chi connectivity index (χ2v) is 5.02. The minimum atomic E-state index is -3.23. The molecule has 25 heavy (non-hydrogen) atoms. The SMILES string of the molecule is CN(C(=O)c1ccc(C(=O)NNC(=O)C(F)F)cc1)c1ccccc1. The van der Waals surface area contributed by atoms with Gasteiger partial charge in [-0.25, -0.2) is 0 Å². The fourth-order valence-corrected chi connectivity index (χ4v) is 1.97. The van der Waals surface area contributed by atoms with E-state index in [1.54, 1.807) is 36.7 Å². The number of hydrogen-bond donors (Lipinski definition) is 2. The van der Waals surface area contributed by atoms with Crippen LogP contribution in [0.25, 0.3) is 0 Å². The summed E-state index contributed by atoms with van der Waals surface area (Å²) >= 11 is 0. The molecule has 0 aliphatic carbocycles. The summed E-state index contributed by atoms with van der Waals surface area (Å²) in [6.07, 6.45) is -3.23. The van der Waals surface area contributed by atoms with E-state index in [-0.39, 0.29) is 11.5 Å². The van der Waals surface area contributed by atoms with Gasteiger partial charge in [-0.2, -0.15) is 8.78 Å². The first-order valence-corrected chi connectivity index (χ1v) is 7.21. The Hall–Kier alpha value is -3.29. The predicted octanol–water partition coefficient (Wildman–Crippen LogP) is 1.99. The van der Waals surface area contributed by atoms with Crippen molar-refractivity contribution in [1.29, 1.82) is 0 Å². The number of carbonyl (C=O) groups is 3. The number of anilines is 1. The molecular weight excluding hydrogens is 332 g/mol. The molecule has 0 aliphatic heterocycles. The number of nitrogens with one attached hydrogen (secondary N) is 2. The number of benzene rings is 2. The van der Waals surface area contributed by atoms with Crippen molar-refractivity contribution in [3.05, 3.63) is 65.7 Å².